The van der Waals surface area contributed by atoms with Gasteiger partial charge in [-0.05, 0) is 56.0 Å². The Kier molecular flexibility index (Phi) is 5.72. The number of piperidine rings is 1. The van der Waals surface area contributed by atoms with Crippen LogP contribution in [0.15, 0.2) is 23.1 Å². The molecule has 1 unspecified atom stereocenters. The van der Waals surface area contributed by atoms with Gasteiger partial charge in [-0.15, -0.1) is 0 Å². The minimum Gasteiger partial charge on any atom is -0.480 e. The number of benzene rings is 1. The van der Waals surface area contributed by atoms with Crippen molar-refractivity contribution in [1.29, 1.82) is 0 Å². The van der Waals surface area contributed by atoms with E-state index in [2.05, 4.69) is 5.32 Å². The molecule has 0 bridgehead atoms. The van der Waals surface area contributed by atoms with Crippen LogP contribution in [0.3, 0.4) is 0 Å². The van der Waals surface area contributed by atoms with Crippen molar-refractivity contribution < 1.29 is 22.7 Å². The van der Waals surface area contributed by atoms with Gasteiger partial charge in [0.25, 0.3) is 0 Å². The average molecular weight is 344 g/mol. The number of carbonyl (C=O) groups is 1. The summed E-state index contributed by atoms with van der Waals surface area (Å²) >= 11 is 0. The Balaban J connectivity index is 2.08. The number of aryl methyl sites for hydroxylation is 1. The Morgan fingerprint density at radius 1 is 1.48 bits per heavy atom. The van der Waals surface area contributed by atoms with Crippen molar-refractivity contribution >= 4 is 16.0 Å². The average Bonchev–Trinajstić information content (AvgIpc) is 2.46. The highest BCUT2D eigenvalue weighted by Crippen LogP contribution is 2.25. The monoisotopic (exact) mass is 344 g/mol. The Morgan fingerprint density at radius 2 is 2.22 bits per heavy atom. The van der Waals surface area contributed by atoms with Gasteiger partial charge in [-0.25, -0.2) is 12.8 Å². The first-order valence-electron chi connectivity index (χ1n) is 7.49. The molecule has 1 saturated heterocycles. The van der Waals surface area contributed by atoms with Gasteiger partial charge >= 0.3 is 5.97 Å². The van der Waals surface area contributed by atoms with E-state index in [1.54, 1.807) is 6.92 Å². The largest absolute Gasteiger partial charge is 0.480 e. The van der Waals surface area contributed by atoms with E-state index in [0.717, 1.165) is 18.9 Å². The van der Waals surface area contributed by atoms with Crippen LogP contribution < -0.4 is 5.32 Å². The molecule has 0 aliphatic carbocycles. The molecule has 0 saturated carbocycles. The number of rotatable bonds is 6. The SMILES string of the molecule is Cc1cc(F)ccc1S(=O)(=O)N1CCCC(CNCC(=O)O)C1. The smallest absolute Gasteiger partial charge is 0.317 e. The minimum absolute atomic E-state index is 0.0682. The van der Waals surface area contributed by atoms with Crippen molar-refractivity contribution in [2.75, 3.05) is 26.2 Å². The van der Waals surface area contributed by atoms with Crippen molar-refractivity contribution in [2.24, 2.45) is 5.92 Å². The zero-order valence-corrected chi connectivity index (χ0v) is 13.8. The lowest BCUT2D eigenvalue weighted by molar-refractivity contribution is -0.136. The standard InChI is InChI=1S/C15H21FN2O4S/c1-11-7-13(16)4-5-14(11)23(21,22)18-6-2-3-12(10-18)8-17-9-15(19)20/h4-5,7,12,17H,2-3,6,8-10H2,1H3,(H,19,20). The molecule has 0 radical (unpaired) electrons. The second-order valence-corrected chi connectivity index (χ2v) is 7.71. The summed E-state index contributed by atoms with van der Waals surface area (Å²) in [5, 5.41) is 11.4. The maximum atomic E-state index is 13.2. The fourth-order valence-electron chi connectivity index (χ4n) is 2.84. The fraction of sp³-hybridized carbons (Fsp3) is 0.533. The zero-order valence-electron chi connectivity index (χ0n) is 13.0. The molecular weight excluding hydrogens is 323 g/mol. The van der Waals surface area contributed by atoms with Gasteiger partial charge in [0.2, 0.25) is 10.0 Å². The summed E-state index contributed by atoms with van der Waals surface area (Å²) in [6.07, 6.45) is 1.57. The van der Waals surface area contributed by atoms with Crippen LogP contribution in [-0.2, 0) is 14.8 Å². The van der Waals surface area contributed by atoms with Crippen molar-refractivity contribution in [3.63, 3.8) is 0 Å². The van der Waals surface area contributed by atoms with E-state index in [9.17, 15) is 17.6 Å². The second-order valence-electron chi connectivity index (χ2n) is 5.81. The van der Waals surface area contributed by atoms with Gasteiger partial charge in [0.1, 0.15) is 5.82 Å². The number of nitrogens with zero attached hydrogens (tertiary/aromatic N) is 1. The summed E-state index contributed by atoms with van der Waals surface area (Å²) in [6.45, 7) is 2.66. The number of aliphatic carboxylic acids is 1. The zero-order chi connectivity index (χ0) is 17.0. The maximum absolute atomic E-state index is 13.2. The normalized spacial score (nSPS) is 19.7. The number of carboxylic acids is 1. The van der Waals surface area contributed by atoms with Crippen LogP contribution in [0.25, 0.3) is 0 Å². The maximum Gasteiger partial charge on any atom is 0.317 e. The van der Waals surface area contributed by atoms with Crippen LogP contribution in [0, 0.1) is 18.7 Å². The summed E-state index contributed by atoms with van der Waals surface area (Å²) in [4.78, 5) is 10.6. The van der Waals surface area contributed by atoms with E-state index in [1.807, 2.05) is 0 Å². The highest BCUT2D eigenvalue weighted by atomic mass is 32.2. The van der Waals surface area contributed by atoms with Crippen LogP contribution >= 0.6 is 0 Å². The molecule has 6 nitrogen and oxygen atoms in total. The topological polar surface area (TPSA) is 86.7 Å². The quantitative estimate of drug-likeness (QED) is 0.810. The number of carboxylic acid groups (broad SMARTS) is 1. The molecule has 1 aromatic rings. The molecular formula is C15H21FN2O4S. The number of nitrogens with one attached hydrogen (secondary N) is 1. The van der Waals surface area contributed by atoms with Crippen molar-refractivity contribution in [3.05, 3.63) is 29.6 Å². The van der Waals surface area contributed by atoms with Gasteiger partial charge in [-0.1, -0.05) is 0 Å². The third kappa shape index (κ3) is 4.49. The van der Waals surface area contributed by atoms with E-state index in [4.69, 9.17) is 5.11 Å². The highest BCUT2D eigenvalue weighted by molar-refractivity contribution is 7.89. The van der Waals surface area contributed by atoms with Gasteiger partial charge < -0.3 is 10.4 Å². The molecule has 1 atom stereocenters. The Hall–Kier alpha value is -1.51. The van der Waals surface area contributed by atoms with E-state index >= 15 is 0 Å². The minimum atomic E-state index is -3.66. The highest BCUT2D eigenvalue weighted by Gasteiger charge is 2.31. The molecule has 1 fully saturated rings. The van der Waals surface area contributed by atoms with Crippen LogP contribution in [0.1, 0.15) is 18.4 Å². The summed E-state index contributed by atoms with van der Waals surface area (Å²) in [7, 11) is -3.66. The molecule has 0 amide bonds. The van der Waals surface area contributed by atoms with Gasteiger partial charge in [-0.3, -0.25) is 4.79 Å². The van der Waals surface area contributed by atoms with Crippen molar-refractivity contribution in [2.45, 2.75) is 24.7 Å². The molecule has 128 valence electrons. The van der Waals surface area contributed by atoms with Crippen LogP contribution in [0.4, 0.5) is 4.39 Å². The van der Waals surface area contributed by atoms with Crippen LogP contribution in [0.5, 0.6) is 0 Å². The first-order chi connectivity index (χ1) is 10.8. The summed E-state index contributed by atoms with van der Waals surface area (Å²) in [5.41, 5.74) is 0.385. The summed E-state index contributed by atoms with van der Waals surface area (Å²) < 4.78 is 40.1. The van der Waals surface area contributed by atoms with E-state index in [-0.39, 0.29) is 17.4 Å². The third-order valence-corrected chi connectivity index (χ3v) is 5.97. The molecule has 1 aliphatic heterocycles. The predicted octanol–water partition coefficient (Wildman–Crippen LogP) is 1.21. The summed E-state index contributed by atoms with van der Waals surface area (Å²) in [5.74, 6) is -1.33. The van der Waals surface area contributed by atoms with Gasteiger partial charge in [0.05, 0.1) is 11.4 Å². The Morgan fingerprint density at radius 3 is 2.87 bits per heavy atom. The van der Waals surface area contributed by atoms with Gasteiger partial charge in [0, 0.05) is 13.1 Å². The molecule has 0 aromatic heterocycles. The summed E-state index contributed by atoms with van der Waals surface area (Å²) in [6, 6.07) is 3.66. The molecule has 23 heavy (non-hydrogen) atoms. The number of sulfonamides is 1. The number of hydrogen-bond donors (Lipinski definition) is 2. The molecule has 1 aliphatic rings. The Bertz CT molecular complexity index is 678. The van der Waals surface area contributed by atoms with Crippen molar-refractivity contribution in [3.8, 4) is 0 Å². The number of hydrogen-bond acceptors (Lipinski definition) is 4. The van der Waals surface area contributed by atoms with E-state index < -0.39 is 21.8 Å². The Labute approximate surface area is 135 Å². The predicted molar refractivity (Wildman–Crippen MR) is 83.1 cm³/mol. The first-order valence-corrected chi connectivity index (χ1v) is 8.93. The molecule has 1 heterocycles. The lowest BCUT2D eigenvalue weighted by Gasteiger charge is -2.32. The first kappa shape index (κ1) is 17.8. The van der Waals surface area contributed by atoms with E-state index in [1.165, 1.54) is 16.4 Å². The van der Waals surface area contributed by atoms with E-state index in [0.29, 0.717) is 25.2 Å². The molecule has 2 N–H and O–H groups in total. The molecule has 0 spiro atoms. The molecule has 8 heteroatoms. The third-order valence-electron chi connectivity index (χ3n) is 3.95. The molecule has 2 rings (SSSR count). The lowest BCUT2D eigenvalue weighted by atomic mass is 10.00. The number of halogens is 1. The molecule has 1 aromatic carbocycles. The van der Waals surface area contributed by atoms with Crippen LogP contribution in [0.2, 0.25) is 0 Å². The lowest BCUT2D eigenvalue weighted by Crippen LogP contribution is -2.43. The fourth-order valence-corrected chi connectivity index (χ4v) is 4.60. The van der Waals surface area contributed by atoms with Gasteiger partial charge in [-0.2, -0.15) is 4.31 Å². The van der Waals surface area contributed by atoms with Crippen LogP contribution in [-0.4, -0.2) is 50.0 Å². The van der Waals surface area contributed by atoms with Crippen molar-refractivity contribution in [1.82, 2.24) is 9.62 Å². The second kappa shape index (κ2) is 7.37. The van der Waals surface area contributed by atoms with Gasteiger partial charge in [0.15, 0.2) is 0 Å².